The lowest BCUT2D eigenvalue weighted by Gasteiger charge is -2.37. The van der Waals surface area contributed by atoms with E-state index in [-0.39, 0.29) is 0 Å². The molecule has 3 rings (SSSR count). The molecule has 1 aromatic carbocycles. The third-order valence-electron chi connectivity index (χ3n) is 4.67. The van der Waals surface area contributed by atoms with Crippen LogP contribution in [0.1, 0.15) is 24.0 Å². The molecule has 1 heterocycles. The molecule has 1 aliphatic heterocycles. The van der Waals surface area contributed by atoms with E-state index in [1.54, 1.807) is 11.1 Å². The summed E-state index contributed by atoms with van der Waals surface area (Å²) in [6.07, 6.45) is 5.24. The fraction of sp³-hybridized carbons (Fsp3) is 0.625. The van der Waals surface area contributed by atoms with Gasteiger partial charge in [0.05, 0.1) is 0 Å². The van der Waals surface area contributed by atoms with Crippen molar-refractivity contribution in [3.8, 4) is 0 Å². The third kappa shape index (κ3) is 2.60. The highest BCUT2D eigenvalue weighted by atomic mass is 15.3. The Kier molecular flexibility index (Phi) is 3.67. The summed E-state index contributed by atoms with van der Waals surface area (Å²) in [7, 11) is 2.24. The first-order valence-electron chi connectivity index (χ1n) is 7.32. The van der Waals surface area contributed by atoms with Crippen molar-refractivity contribution in [2.45, 2.75) is 31.7 Å². The van der Waals surface area contributed by atoms with E-state index in [0.717, 1.165) is 6.04 Å². The fourth-order valence-electron chi connectivity index (χ4n) is 3.39. The molecule has 0 aromatic heterocycles. The number of piperazine rings is 1. The van der Waals surface area contributed by atoms with Crippen molar-refractivity contribution in [3.63, 3.8) is 0 Å². The maximum atomic E-state index is 2.73. The molecule has 0 bridgehead atoms. The van der Waals surface area contributed by atoms with Gasteiger partial charge < -0.3 is 4.90 Å². The lowest BCUT2D eigenvalue weighted by molar-refractivity contribution is 0.104. The summed E-state index contributed by atoms with van der Waals surface area (Å²) in [6, 6.07) is 9.83. The second-order valence-corrected chi connectivity index (χ2v) is 5.84. The summed E-state index contributed by atoms with van der Waals surface area (Å²) in [5, 5.41) is 0. The molecule has 2 aliphatic rings. The Hall–Kier alpha value is -0.860. The largest absolute Gasteiger partial charge is 0.304 e. The Morgan fingerprint density at radius 3 is 2.00 bits per heavy atom. The average molecular weight is 244 g/mol. The first-order chi connectivity index (χ1) is 8.83. The Balaban J connectivity index is 1.64. The molecule has 1 aromatic rings. The van der Waals surface area contributed by atoms with Crippen molar-refractivity contribution < 1.29 is 0 Å². The molecule has 0 amide bonds. The highest BCUT2D eigenvalue weighted by Crippen LogP contribution is 2.24. The van der Waals surface area contributed by atoms with Gasteiger partial charge in [0.25, 0.3) is 0 Å². The van der Waals surface area contributed by atoms with Crippen molar-refractivity contribution in [1.82, 2.24) is 9.80 Å². The normalized spacial score (nSPS) is 23.6. The van der Waals surface area contributed by atoms with Crippen LogP contribution in [0.5, 0.6) is 0 Å². The van der Waals surface area contributed by atoms with Gasteiger partial charge in [-0.05, 0) is 43.9 Å². The average Bonchev–Trinajstić information content (AvgIpc) is 2.62. The van der Waals surface area contributed by atoms with Gasteiger partial charge in [0.2, 0.25) is 0 Å². The summed E-state index contributed by atoms with van der Waals surface area (Å²) in [5.74, 6) is 0. The number of fused-ring (bicyclic) bond motifs is 1. The Morgan fingerprint density at radius 1 is 0.889 bits per heavy atom. The van der Waals surface area contributed by atoms with Gasteiger partial charge in [0.1, 0.15) is 0 Å². The van der Waals surface area contributed by atoms with Gasteiger partial charge in [-0.25, -0.2) is 0 Å². The lowest BCUT2D eigenvalue weighted by Crippen LogP contribution is -2.49. The maximum Gasteiger partial charge on any atom is 0.0113 e. The lowest BCUT2D eigenvalue weighted by atomic mass is 10.0. The topological polar surface area (TPSA) is 6.48 Å². The summed E-state index contributed by atoms with van der Waals surface area (Å²) < 4.78 is 0. The van der Waals surface area contributed by atoms with Gasteiger partial charge in [-0.3, -0.25) is 4.90 Å². The number of aryl methyl sites for hydroxylation is 2. The predicted molar refractivity (Wildman–Crippen MR) is 75.9 cm³/mol. The summed E-state index contributed by atoms with van der Waals surface area (Å²) in [6.45, 7) is 5.00. The zero-order valence-corrected chi connectivity index (χ0v) is 11.4. The van der Waals surface area contributed by atoms with Crippen LogP contribution in [0, 0.1) is 0 Å². The summed E-state index contributed by atoms with van der Waals surface area (Å²) in [4.78, 5) is 5.17. The second kappa shape index (κ2) is 5.41. The monoisotopic (exact) mass is 244 g/mol. The quantitative estimate of drug-likeness (QED) is 0.699. The minimum atomic E-state index is 0.811. The Morgan fingerprint density at radius 2 is 1.44 bits per heavy atom. The molecular formula is C16H24N2. The van der Waals surface area contributed by atoms with E-state index in [1.807, 2.05) is 0 Å². The molecule has 2 nitrogen and oxygen atoms in total. The van der Waals surface area contributed by atoms with Crippen LogP contribution in [-0.2, 0) is 12.8 Å². The van der Waals surface area contributed by atoms with Crippen LogP contribution in [0.15, 0.2) is 24.3 Å². The van der Waals surface area contributed by atoms with Crippen LogP contribution in [0.4, 0.5) is 0 Å². The van der Waals surface area contributed by atoms with Crippen LogP contribution in [0.3, 0.4) is 0 Å². The highest BCUT2D eigenvalue weighted by molar-refractivity contribution is 5.28. The van der Waals surface area contributed by atoms with E-state index < -0.39 is 0 Å². The van der Waals surface area contributed by atoms with Crippen LogP contribution in [0.25, 0.3) is 0 Å². The molecule has 0 spiro atoms. The molecular weight excluding hydrogens is 220 g/mol. The van der Waals surface area contributed by atoms with Crippen molar-refractivity contribution in [1.29, 1.82) is 0 Å². The van der Waals surface area contributed by atoms with Crippen molar-refractivity contribution in [2.75, 3.05) is 33.2 Å². The number of likely N-dealkylation sites (N-methyl/N-ethyl adjacent to an activating group) is 1. The minimum Gasteiger partial charge on any atom is -0.304 e. The molecule has 0 radical (unpaired) electrons. The molecule has 0 atom stereocenters. The molecule has 2 heteroatoms. The van der Waals surface area contributed by atoms with Gasteiger partial charge >= 0.3 is 0 Å². The molecule has 18 heavy (non-hydrogen) atoms. The van der Waals surface area contributed by atoms with Gasteiger partial charge in [-0.15, -0.1) is 0 Å². The molecule has 0 N–H and O–H groups in total. The van der Waals surface area contributed by atoms with Crippen LogP contribution >= 0.6 is 0 Å². The number of rotatable bonds is 1. The first-order valence-corrected chi connectivity index (χ1v) is 7.32. The zero-order valence-electron chi connectivity index (χ0n) is 11.4. The van der Waals surface area contributed by atoms with Gasteiger partial charge in [-0.1, -0.05) is 24.3 Å². The van der Waals surface area contributed by atoms with E-state index in [2.05, 4.69) is 41.1 Å². The van der Waals surface area contributed by atoms with Crippen LogP contribution in [-0.4, -0.2) is 49.1 Å². The fourth-order valence-corrected chi connectivity index (χ4v) is 3.39. The van der Waals surface area contributed by atoms with Gasteiger partial charge in [0, 0.05) is 32.2 Å². The summed E-state index contributed by atoms with van der Waals surface area (Å²) in [5.41, 5.74) is 3.18. The number of nitrogens with zero attached hydrogens (tertiary/aromatic N) is 2. The first kappa shape index (κ1) is 12.2. The second-order valence-electron chi connectivity index (χ2n) is 5.84. The van der Waals surface area contributed by atoms with E-state index in [9.17, 15) is 0 Å². The van der Waals surface area contributed by atoms with E-state index in [0.29, 0.717) is 0 Å². The smallest absolute Gasteiger partial charge is 0.0113 e. The molecule has 1 fully saturated rings. The maximum absolute atomic E-state index is 2.73. The molecule has 98 valence electrons. The Bertz CT molecular complexity index is 367. The zero-order chi connectivity index (χ0) is 12.4. The van der Waals surface area contributed by atoms with Gasteiger partial charge in [-0.2, -0.15) is 0 Å². The van der Waals surface area contributed by atoms with E-state index in [4.69, 9.17) is 0 Å². The molecule has 0 unspecified atom stereocenters. The van der Waals surface area contributed by atoms with Crippen molar-refractivity contribution >= 4 is 0 Å². The number of benzene rings is 1. The van der Waals surface area contributed by atoms with Crippen molar-refractivity contribution in [3.05, 3.63) is 35.4 Å². The molecule has 1 saturated heterocycles. The van der Waals surface area contributed by atoms with E-state index in [1.165, 1.54) is 51.9 Å². The van der Waals surface area contributed by atoms with E-state index >= 15 is 0 Å². The van der Waals surface area contributed by atoms with Gasteiger partial charge in [0.15, 0.2) is 0 Å². The Labute approximate surface area is 111 Å². The van der Waals surface area contributed by atoms with Crippen molar-refractivity contribution in [2.24, 2.45) is 0 Å². The molecule has 0 saturated carbocycles. The highest BCUT2D eigenvalue weighted by Gasteiger charge is 2.24. The number of hydrogen-bond donors (Lipinski definition) is 0. The predicted octanol–water partition coefficient (Wildman–Crippen LogP) is 2.18. The molecule has 1 aliphatic carbocycles. The summed E-state index contributed by atoms with van der Waals surface area (Å²) >= 11 is 0. The number of hydrogen-bond acceptors (Lipinski definition) is 2. The standard InChI is InChI=1S/C16H24N2/c1-17-10-12-18(13-11-17)16-8-6-14-4-2-3-5-15(14)7-9-16/h2-5,16H,6-13H2,1H3. The third-order valence-corrected chi connectivity index (χ3v) is 4.67. The van der Waals surface area contributed by atoms with Crippen LogP contribution < -0.4 is 0 Å². The SMILES string of the molecule is CN1CCN(C2CCc3ccccc3CC2)CC1. The van der Waals surface area contributed by atoms with Crippen LogP contribution in [0.2, 0.25) is 0 Å². The minimum absolute atomic E-state index is 0.811.